The number of nitrogens with zero attached hydrogens (tertiary/aromatic N) is 4. The number of aryl methyl sites for hydroxylation is 1. The van der Waals surface area contributed by atoms with Gasteiger partial charge in [-0.1, -0.05) is 12.1 Å². The minimum Gasteiger partial charge on any atom is -0.384 e. The molecule has 10 heteroatoms. The van der Waals surface area contributed by atoms with Crippen LogP contribution in [0.1, 0.15) is 18.1 Å². The molecule has 3 heterocycles. The van der Waals surface area contributed by atoms with E-state index < -0.39 is 22.9 Å². The van der Waals surface area contributed by atoms with E-state index in [1.54, 1.807) is 20.2 Å². The van der Waals surface area contributed by atoms with E-state index in [1.807, 2.05) is 0 Å². The summed E-state index contributed by atoms with van der Waals surface area (Å²) in [4.78, 5) is 13.1. The van der Waals surface area contributed by atoms with E-state index in [1.165, 1.54) is 35.2 Å². The van der Waals surface area contributed by atoms with E-state index in [4.69, 9.17) is 0 Å². The van der Waals surface area contributed by atoms with Gasteiger partial charge in [0.1, 0.15) is 5.69 Å². The topological polar surface area (TPSA) is 85.0 Å². The lowest BCUT2D eigenvalue weighted by atomic mass is 10.1. The van der Waals surface area contributed by atoms with Gasteiger partial charge in [0.25, 0.3) is 5.56 Å². The number of benzene rings is 1. The Morgan fingerprint density at radius 2 is 1.93 bits per heavy atom. The number of nitrogens with one attached hydrogen (secondary N) is 1. The lowest BCUT2D eigenvalue weighted by Crippen LogP contribution is -2.29. The fourth-order valence-electron chi connectivity index (χ4n) is 3.21. The van der Waals surface area contributed by atoms with Crippen LogP contribution in [0.5, 0.6) is 0 Å². The molecule has 0 radical (unpaired) electrons. The summed E-state index contributed by atoms with van der Waals surface area (Å²) >= 11 is 0. The largest absolute Gasteiger partial charge is 0.416 e. The van der Waals surface area contributed by atoms with Gasteiger partial charge < -0.3 is 10.4 Å². The first-order valence-corrected chi connectivity index (χ1v) is 9.04. The van der Waals surface area contributed by atoms with Gasteiger partial charge in [0.05, 0.1) is 34.8 Å². The van der Waals surface area contributed by atoms with E-state index in [2.05, 4.69) is 15.5 Å². The van der Waals surface area contributed by atoms with E-state index >= 15 is 0 Å². The summed E-state index contributed by atoms with van der Waals surface area (Å²) in [6, 6.07) is 6.04. The fraction of sp³-hybridized carbons (Fsp3) is 0.250. The third kappa shape index (κ3) is 3.73. The molecule has 30 heavy (non-hydrogen) atoms. The molecule has 0 bridgehead atoms. The van der Waals surface area contributed by atoms with E-state index in [9.17, 15) is 23.1 Å². The van der Waals surface area contributed by atoms with Crippen molar-refractivity contribution in [1.29, 1.82) is 0 Å². The molecule has 0 spiro atoms. The molecule has 1 unspecified atom stereocenters. The Morgan fingerprint density at radius 1 is 1.23 bits per heavy atom. The summed E-state index contributed by atoms with van der Waals surface area (Å²) in [5.74, 6) is 0. The smallest absolute Gasteiger partial charge is 0.384 e. The number of rotatable bonds is 3. The molecule has 1 aromatic carbocycles. The first kappa shape index (κ1) is 19.9. The van der Waals surface area contributed by atoms with Crippen molar-refractivity contribution in [2.24, 2.45) is 7.05 Å². The molecule has 0 amide bonds. The predicted molar refractivity (Wildman–Crippen MR) is 104 cm³/mol. The summed E-state index contributed by atoms with van der Waals surface area (Å²) in [6.45, 7) is 1.83. The zero-order chi connectivity index (χ0) is 21.7. The Morgan fingerprint density at radius 3 is 2.47 bits per heavy atom. The maximum Gasteiger partial charge on any atom is 0.416 e. The highest BCUT2D eigenvalue weighted by Crippen LogP contribution is 2.31. The van der Waals surface area contributed by atoms with Crippen LogP contribution in [0.2, 0.25) is 0 Å². The average molecular weight is 417 g/mol. The third-order valence-electron chi connectivity index (χ3n) is 4.74. The Bertz CT molecular complexity index is 1190. The van der Waals surface area contributed by atoms with Gasteiger partial charge >= 0.3 is 6.18 Å². The SMILES string of the molecule is Cn1cc(-n2nc(-c3ccc(C(F)(F)F)cc3)cc(C3=CC(C)(O)CN3)c2=O)cn1. The standard InChI is InChI=1S/C20H18F3N5O2/c1-19(30)8-17(24-11-19)15-7-16(12-3-5-13(6-4-12)20(21,22)23)26-28(18(15)29)14-9-25-27(2)10-14/h3-10,24,30H,11H2,1-2H3. The Kier molecular flexibility index (Phi) is 4.53. The zero-order valence-corrected chi connectivity index (χ0v) is 16.1. The maximum atomic E-state index is 13.1. The third-order valence-corrected chi connectivity index (χ3v) is 4.74. The molecule has 0 fully saturated rings. The second kappa shape index (κ2) is 6.84. The quantitative estimate of drug-likeness (QED) is 0.684. The van der Waals surface area contributed by atoms with Gasteiger partial charge in [-0.25, -0.2) is 0 Å². The van der Waals surface area contributed by atoms with Crippen LogP contribution < -0.4 is 10.9 Å². The summed E-state index contributed by atoms with van der Waals surface area (Å²) in [6.07, 6.45) is 0.145. The molecule has 156 valence electrons. The first-order valence-electron chi connectivity index (χ1n) is 9.04. The molecule has 2 N–H and O–H groups in total. The second-order valence-electron chi connectivity index (χ2n) is 7.38. The molecule has 1 atom stereocenters. The second-order valence-corrected chi connectivity index (χ2v) is 7.38. The molecule has 0 saturated heterocycles. The Labute approximate surface area is 169 Å². The van der Waals surface area contributed by atoms with Gasteiger partial charge in [0.15, 0.2) is 0 Å². The average Bonchev–Trinajstić information content (AvgIpc) is 3.26. The number of hydrogen-bond acceptors (Lipinski definition) is 5. The van der Waals surface area contributed by atoms with Crippen molar-refractivity contribution in [2.45, 2.75) is 18.7 Å². The van der Waals surface area contributed by atoms with E-state index in [0.29, 0.717) is 22.6 Å². The molecule has 0 saturated carbocycles. The van der Waals surface area contributed by atoms with E-state index in [-0.39, 0.29) is 12.1 Å². The first-order chi connectivity index (χ1) is 14.0. The highest BCUT2D eigenvalue weighted by molar-refractivity contribution is 5.71. The normalized spacial score (nSPS) is 18.9. The molecule has 3 aromatic rings. The summed E-state index contributed by atoms with van der Waals surface area (Å²) < 4.78 is 41.3. The van der Waals surface area contributed by atoms with E-state index in [0.717, 1.165) is 16.8 Å². The molecule has 1 aliphatic heterocycles. The molecular formula is C20H18F3N5O2. The Hall–Kier alpha value is -3.40. The van der Waals surface area contributed by atoms with Crippen LogP contribution in [0, 0.1) is 0 Å². The minimum atomic E-state index is -4.45. The Balaban J connectivity index is 1.89. The van der Waals surface area contributed by atoms with Crippen LogP contribution in [0.3, 0.4) is 0 Å². The summed E-state index contributed by atoms with van der Waals surface area (Å²) in [5.41, 5.74) is -0.566. The number of halogens is 3. The number of β-amino-alcohol motifs (C(OH)–C–C–N with tert-alkyl or cyclic N) is 1. The van der Waals surface area contributed by atoms with Crippen molar-refractivity contribution in [3.63, 3.8) is 0 Å². The van der Waals surface area contributed by atoms with Gasteiger partial charge in [0, 0.05) is 24.9 Å². The van der Waals surface area contributed by atoms with Crippen LogP contribution in [0.15, 0.2) is 53.6 Å². The lowest BCUT2D eigenvalue weighted by molar-refractivity contribution is -0.137. The van der Waals surface area contributed by atoms with Crippen molar-refractivity contribution < 1.29 is 18.3 Å². The van der Waals surface area contributed by atoms with Crippen LogP contribution in [-0.2, 0) is 13.2 Å². The zero-order valence-electron chi connectivity index (χ0n) is 16.1. The van der Waals surface area contributed by atoms with Crippen molar-refractivity contribution in [3.05, 3.63) is 70.3 Å². The molecule has 1 aliphatic rings. The van der Waals surface area contributed by atoms with Gasteiger partial charge in [-0.15, -0.1) is 0 Å². The minimum absolute atomic E-state index is 0.229. The predicted octanol–water partition coefficient (Wildman–Crippen LogP) is 2.35. The number of aliphatic hydroxyl groups is 1. The van der Waals surface area contributed by atoms with Crippen LogP contribution in [0.25, 0.3) is 22.6 Å². The van der Waals surface area contributed by atoms with Crippen LogP contribution in [0.4, 0.5) is 13.2 Å². The lowest BCUT2D eigenvalue weighted by Gasteiger charge is -2.12. The van der Waals surface area contributed by atoms with Crippen molar-refractivity contribution in [3.8, 4) is 16.9 Å². The summed E-state index contributed by atoms with van der Waals surface area (Å²) in [7, 11) is 1.69. The van der Waals surface area contributed by atoms with Gasteiger partial charge in [-0.3, -0.25) is 9.48 Å². The van der Waals surface area contributed by atoms with Crippen molar-refractivity contribution in [2.75, 3.05) is 6.54 Å². The fourth-order valence-corrected chi connectivity index (χ4v) is 3.21. The number of alkyl halides is 3. The molecule has 2 aromatic heterocycles. The summed E-state index contributed by atoms with van der Waals surface area (Å²) in [5, 5.41) is 21.6. The number of aromatic nitrogens is 4. The van der Waals surface area contributed by atoms with Crippen molar-refractivity contribution in [1.82, 2.24) is 24.9 Å². The number of hydrogen-bond donors (Lipinski definition) is 2. The monoisotopic (exact) mass is 417 g/mol. The van der Waals surface area contributed by atoms with Gasteiger partial charge in [-0.2, -0.15) is 28.1 Å². The molecular weight excluding hydrogens is 399 g/mol. The molecule has 7 nitrogen and oxygen atoms in total. The highest BCUT2D eigenvalue weighted by atomic mass is 19.4. The van der Waals surface area contributed by atoms with Gasteiger partial charge in [0.2, 0.25) is 0 Å². The highest BCUT2D eigenvalue weighted by Gasteiger charge is 2.30. The molecule has 0 aliphatic carbocycles. The van der Waals surface area contributed by atoms with Crippen LogP contribution in [-0.4, -0.2) is 36.8 Å². The van der Waals surface area contributed by atoms with Crippen LogP contribution >= 0.6 is 0 Å². The van der Waals surface area contributed by atoms with Gasteiger partial charge in [-0.05, 0) is 31.2 Å². The maximum absolute atomic E-state index is 13.1. The molecule has 4 rings (SSSR count). The van der Waals surface area contributed by atoms with Crippen molar-refractivity contribution >= 4 is 5.70 Å².